The summed E-state index contributed by atoms with van der Waals surface area (Å²) in [4.78, 5) is 22.4. The van der Waals surface area contributed by atoms with Crippen molar-refractivity contribution in [1.29, 1.82) is 0 Å². The molecule has 1 aromatic heterocycles. The van der Waals surface area contributed by atoms with Gasteiger partial charge >= 0.3 is 5.97 Å². The summed E-state index contributed by atoms with van der Waals surface area (Å²) >= 11 is 0. The van der Waals surface area contributed by atoms with Gasteiger partial charge in [-0.3, -0.25) is 0 Å². The van der Waals surface area contributed by atoms with Crippen LogP contribution in [0.2, 0.25) is 0 Å². The highest BCUT2D eigenvalue weighted by Crippen LogP contribution is 2.30. The highest BCUT2D eigenvalue weighted by molar-refractivity contribution is 5.79. The summed E-state index contributed by atoms with van der Waals surface area (Å²) in [7, 11) is 0. The second-order valence-corrected chi connectivity index (χ2v) is 8.41. The molecule has 3 aromatic rings. The number of anilines is 1. The van der Waals surface area contributed by atoms with Gasteiger partial charge in [-0.05, 0) is 24.8 Å². The Morgan fingerprint density at radius 1 is 1.06 bits per heavy atom. The van der Waals surface area contributed by atoms with Crippen LogP contribution in [0.3, 0.4) is 0 Å². The van der Waals surface area contributed by atoms with Gasteiger partial charge in [0.15, 0.2) is 0 Å². The molecule has 32 heavy (non-hydrogen) atoms. The largest absolute Gasteiger partial charge is 0.464 e. The first kappa shape index (κ1) is 22.0. The number of benzene rings is 2. The topological polar surface area (TPSA) is 64.1 Å². The lowest BCUT2D eigenvalue weighted by molar-refractivity contribution is -0.144. The normalized spacial score (nSPS) is 14.8. The summed E-state index contributed by atoms with van der Waals surface area (Å²) in [6, 6.07) is 19.9. The molecule has 1 unspecified atom stereocenters. The molecule has 1 saturated carbocycles. The number of carbonyl (C=O) groups is 1. The lowest BCUT2D eigenvalue weighted by Crippen LogP contribution is -2.34. The van der Waals surface area contributed by atoms with Crippen LogP contribution in [0.4, 0.5) is 5.82 Å². The molecule has 0 saturated heterocycles. The minimum absolute atomic E-state index is 0.209. The molecule has 1 N–H and O–H groups in total. The van der Waals surface area contributed by atoms with Crippen LogP contribution in [0.25, 0.3) is 11.3 Å². The molecule has 1 aliphatic carbocycles. The molecule has 5 nitrogen and oxygen atoms in total. The van der Waals surface area contributed by atoms with Crippen LogP contribution < -0.4 is 5.32 Å². The fourth-order valence-corrected chi connectivity index (χ4v) is 4.41. The molecule has 1 atom stereocenters. The highest BCUT2D eigenvalue weighted by Gasteiger charge is 2.27. The van der Waals surface area contributed by atoms with E-state index in [1.54, 1.807) is 6.20 Å². The van der Waals surface area contributed by atoms with E-state index in [9.17, 15) is 4.79 Å². The maximum atomic E-state index is 12.8. The number of carbonyl (C=O) groups excluding carboxylic acids is 1. The van der Waals surface area contributed by atoms with Crippen molar-refractivity contribution in [3.05, 3.63) is 78.1 Å². The van der Waals surface area contributed by atoms with Gasteiger partial charge in [0.25, 0.3) is 0 Å². The van der Waals surface area contributed by atoms with E-state index in [1.165, 1.54) is 25.7 Å². The summed E-state index contributed by atoms with van der Waals surface area (Å²) in [5.74, 6) is 0.995. The average molecular weight is 430 g/mol. The Bertz CT molecular complexity index is 1000. The summed E-state index contributed by atoms with van der Waals surface area (Å²) in [6.45, 7) is 2.22. The highest BCUT2D eigenvalue weighted by atomic mass is 16.5. The molecule has 1 aliphatic rings. The van der Waals surface area contributed by atoms with E-state index in [1.807, 2.05) is 55.5 Å². The lowest BCUT2D eigenvalue weighted by Gasteiger charge is -2.22. The molecule has 0 aliphatic heterocycles. The number of aromatic nitrogens is 2. The number of ether oxygens (including phenoxy) is 1. The minimum Gasteiger partial charge on any atom is -0.464 e. The molecule has 5 heteroatoms. The predicted molar refractivity (Wildman–Crippen MR) is 127 cm³/mol. The maximum Gasteiger partial charge on any atom is 0.328 e. The molecular formula is C27H31N3O2. The van der Waals surface area contributed by atoms with Crippen molar-refractivity contribution >= 4 is 11.8 Å². The third-order valence-corrected chi connectivity index (χ3v) is 6.05. The summed E-state index contributed by atoms with van der Waals surface area (Å²) in [6.07, 6.45) is 8.02. The Kier molecular flexibility index (Phi) is 7.49. The van der Waals surface area contributed by atoms with Gasteiger partial charge in [0.05, 0.1) is 24.2 Å². The predicted octanol–water partition coefficient (Wildman–Crippen LogP) is 5.66. The van der Waals surface area contributed by atoms with Gasteiger partial charge in [-0.25, -0.2) is 14.8 Å². The number of nitrogens with one attached hydrogen (secondary N) is 1. The monoisotopic (exact) mass is 429 g/mol. The number of esters is 1. The van der Waals surface area contributed by atoms with Crippen LogP contribution in [-0.4, -0.2) is 28.6 Å². The number of hydrogen-bond acceptors (Lipinski definition) is 5. The van der Waals surface area contributed by atoms with E-state index in [-0.39, 0.29) is 5.97 Å². The van der Waals surface area contributed by atoms with Crippen molar-refractivity contribution in [2.45, 2.75) is 51.5 Å². The first-order chi connectivity index (χ1) is 15.7. The number of rotatable bonds is 9. The third-order valence-electron chi connectivity index (χ3n) is 6.05. The maximum absolute atomic E-state index is 12.8. The summed E-state index contributed by atoms with van der Waals surface area (Å²) < 4.78 is 5.39. The zero-order valence-corrected chi connectivity index (χ0v) is 18.7. The van der Waals surface area contributed by atoms with Crippen molar-refractivity contribution in [3.63, 3.8) is 0 Å². The van der Waals surface area contributed by atoms with Crippen molar-refractivity contribution < 1.29 is 9.53 Å². The molecule has 0 radical (unpaired) electrons. The Labute approximate surface area is 190 Å². The molecule has 2 aromatic carbocycles. The van der Waals surface area contributed by atoms with E-state index in [4.69, 9.17) is 14.7 Å². The molecular weight excluding hydrogens is 398 g/mol. The van der Waals surface area contributed by atoms with Crippen LogP contribution >= 0.6 is 0 Å². The van der Waals surface area contributed by atoms with Crippen LogP contribution in [-0.2, 0) is 16.0 Å². The summed E-state index contributed by atoms with van der Waals surface area (Å²) in [5, 5.41) is 3.41. The fourth-order valence-electron chi connectivity index (χ4n) is 4.41. The van der Waals surface area contributed by atoms with Gasteiger partial charge in [-0.2, -0.15) is 0 Å². The molecule has 0 amide bonds. The first-order valence-corrected chi connectivity index (χ1v) is 11.6. The van der Waals surface area contributed by atoms with Gasteiger partial charge in [-0.1, -0.05) is 86.3 Å². The summed E-state index contributed by atoms with van der Waals surface area (Å²) in [5.41, 5.74) is 3.83. The van der Waals surface area contributed by atoms with E-state index in [0.717, 1.165) is 28.9 Å². The van der Waals surface area contributed by atoms with Crippen molar-refractivity contribution in [1.82, 2.24) is 9.97 Å². The standard InChI is InChI=1S/C27H31N3O2/c1-2-32-27(31)24(18-21-13-9-10-14-21)30-26-23(17-20-11-5-3-6-12-20)29-25(19-28-26)22-15-7-4-8-16-22/h3-8,11-12,15-16,19,21,24H,2,9-10,13-14,17-18H2,1H3,(H,28,30). The van der Waals surface area contributed by atoms with Crippen molar-refractivity contribution in [2.75, 3.05) is 11.9 Å². The van der Waals surface area contributed by atoms with Crippen LogP contribution in [0, 0.1) is 5.92 Å². The fraction of sp³-hybridized carbons (Fsp3) is 0.370. The second kappa shape index (κ2) is 10.9. The third kappa shape index (κ3) is 5.72. The van der Waals surface area contributed by atoms with Crippen LogP contribution in [0.1, 0.15) is 50.3 Å². The van der Waals surface area contributed by atoms with Crippen LogP contribution in [0.5, 0.6) is 0 Å². The quantitative estimate of drug-likeness (QED) is 0.445. The van der Waals surface area contributed by atoms with Gasteiger partial charge < -0.3 is 10.1 Å². The van der Waals surface area contributed by atoms with Gasteiger partial charge in [0, 0.05) is 12.0 Å². The Balaban J connectivity index is 1.64. The first-order valence-electron chi connectivity index (χ1n) is 11.6. The Morgan fingerprint density at radius 3 is 2.44 bits per heavy atom. The molecule has 166 valence electrons. The van der Waals surface area contributed by atoms with Crippen molar-refractivity contribution in [2.24, 2.45) is 5.92 Å². The van der Waals surface area contributed by atoms with E-state index >= 15 is 0 Å². The van der Waals surface area contributed by atoms with Gasteiger partial charge in [-0.15, -0.1) is 0 Å². The molecule has 0 bridgehead atoms. The molecule has 4 rings (SSSR count). The van der Waals surface area contributed by atoms with Crippen LogP contribution in [0.15, 0.2) is 66.9 Å². The number of nitrogens with zero attached hydrogens (tertiary/aromatic N) is 2. The number of hydrogen-bond donors (Lipinski definition) is 1. The van der Waals surface area contributed by atoms with Gasteiger partial charge in [0.1, 0.15) is 11.9 Å². The SMILES string of the molecule is CCOC(=O)C(CC1CCCC1)Nc1ncc(-c2ccccc2)nc1Cc1ccccc1. The molecule has 0 spiro atoms. The van der Waals surface area contributed by atoms with E-state index in [2.05, 4.69) is 17.4 Å². The van der Waals surface area contributed by atoms with E-state index < -0.39 is 6.04 Å². The zero-order valence-electron chi connectivity index (χ0n) is 18.7. The van der Waals surface area contributed by atoms with Crippen molar-refractivity contribution in [3.8, 4) is 11.3 Å². The van der Waals surface area contributed by atoms with Gasteiger partial charge in [0.2, 0.25) is 0 Å². The smallest absolute Gasteiger partial charge is 0.328 e. The lowest BCUT2D eigenvalue weighted by atomic mass is 9.98. The zero-order chi connectivity index (χ0) is 22.2. The molecule has 1 heterocycles. The second-order valence-electron chi connectivity index (χ2n) is 8.41. The average Bonchev–Trinajstić information content (AvgIpc) is 3.34. The Morgan fingerprint density at radius 2 is 1.75 bits per heavy atom. The Hall–Kier alpha value is -3.21. The minimum atomic E-state index is -0.413. The molecule has 1 fully saturated rings. The van der Waals surface area contributed by atoms with E-state index in [0.29, 0.717) is 24.8 Å².